The molecule has 2 aromatic rings. The van der Waals surface area contributed by atoms with Crippen molar-refractivity contribution in [3.8, 4) is 0 Å². The molecule has 2 aliphatic rings. The molecule has 0 unspecified atom stereocenters. The average molecular weight is 388 g/mol. The molecule has 1 aromatic carbocycles. The van der Waals surface area contributed by atoms with Gasteiger partial charge in [-0.05, 0) is 37.0 Å². The second-order valence-corrected chi connectivity index (χ2v) is 7.98. The van der Waals surface area contributed by atoms with Crippen molar-refractivity contribution in [2.24, 2.45) is 5.73 Å². The zero-order chi connectivity index (χ0) is 18.9. The van der Waals surface area contributed by atoms with Gasteiger partial charge >= 0.3 is 0 Å². The van der Waals surface area contributed by atoms with Gasteiger partial charge in [0.2, 0.25) is 0 Å². The van der Waals surface area contributed by atoms with Gasteiger partial charge in [0.1, 0.15) is 18.0 Å². The molecule has 0 bridgehead atoms. The standard InChI is InChI=1S/C20H26ClN5O/c1-27-17-8-16(10-22)26(11-17)19-9-18(24-13-25-19)23-12-20(5-6-20)14-3-2-4-15(21)7-14/h2-4,7,9,13,16-17H,5-6,8,10-12,22H2,1H3,(H,23,24,25)/t16-,17-/m0/s1. The zero-order valence-corrected chi connectivity index (χ0v) is 16.3. The van der Waals surface area contributed by atoms with E-state index in [1.54, 1.807) is 13.4 Å². The van der Waals surface area contributed by atoms with E-state index >= 15 is 0 Å². The first kappa shape index (κ1) is 18.5. The molecule has 0 spiro atoms. The summed E-state index contributed by atoms with van der Waals surface area (Å²) >= 11 is 6.17. The minimum Gasteiger partial charge on any atom is -0.380 e. The minimum absolute atomic E-state index is 0.157. The molecule has 2 heterocycles. The van der Waals surface area contributed by atoms with E-state index in [9.17, 15) is 0 Å². The van der Waals surface area contributed by atoms with Gasteiger partial charge in [0, 0.05) is 49.3 Å². The van der Waals surface area contributed by atoms with Crippen molar-refractivity contribution in [3.05, 3.63) is 47.2 Å². The number of methoxy groups -OCH3 is 1. The maximum Gasteiger partial charge on any atom is 0.134 e. The second kappa shape index (κ2) is 7.62. The Morgan fingerprint density at radius 3 is 2.89 bits per heavy atom. The van der Waals surface area contributed by atoms with Crippen LogP contribution in [0.4, 0.5) is 11.6 Å². The summed E-state index contributed by atoms with van der Waals surface area (Å²) in [5.74, 6) is 1.74. The molecule has 0 radical (unpaired) electrons. The summed E-state index contributed by atoms with van der Waals surface area (Å²) in [6.45, 7) is 2.23. The predicted molar refractivity (Wildman–Crippen MR) is 108 cm³/mol. The number of halogens is 1. The van der Waals surface area contributed by atoms with E-state index in [-0.39, 0.29) is 17.6 Å². The van der Waals surface area contributed by atoms with Crippen molar-refractivity contribution < 1.29 is 4.74 Å². The topological polar surface area (TPSA) is 76.3 Å². The molecule has 1 aliphatic carbocycles. The van der Waals surface area contributed by atoms with E-state index in [1.165, 1.54) is 5.56 Å². The first-order valence-corrected chi connectivity index (χ1v) is 9.83. The lowest BCUT2D eigenvalue weighted by Crippen LogP contribution is -2.36. The highest BCUT2D eigenvalue weighted by atomic mass is 35.5. The van der Waals surface area contributed by atoms with Crippen molar-refractivity contribution >= 4 is 23.2 Å². The molecule has 7 heteroatoms. The Kier molecular flexibility index (Phi) is 5.21. The lowest BCUT2D eigenvalue weighted by atomic mass is 9.96. The van der Waals surface area contributed by atoms with E-state index < -0.39 is 0 Å². The highest BCUT2D eigenvalue weighted by Crippen LogP contribution is 2.48. The summed E-state index contributed by atoms with van der Waals surface area (Å²) < 4.78 is 5.52. The molecular weight excluding hydrogens is 362 g/mol. The number of nitrogens with one attached hydrogen (secondary N) is 1. The van der Waals surface area contributed by atoms with Gasteiger partial charge in [-0.15, -0.1) is 0 Å². The smallest absolute Gasteiger partial charge is 0.134 e. The van der Waals surface area contributed by atoms with E-state index in [2.05, 4.69) is 32.3 Å². The first-order chi connectivity index (χ1) is 13.1. The molecule has 6 nitrogen and oxygen atoms in total. The quantitative estimate of drug-likeness (QED) is 0.760. The Morgan fingerprint density at radius 2 is 2.19 bits per heavy atom. The third kappa shape index (κ3) is 3.88. The normalized spacial score (nSPS) is 23.4. The summed E-state index contributed by atoms with van der Waals surface area (Å²) in [6.07, 6.45) is 5.06. The monoisotopic (exact) mass is 387 g/mol. The van der Waals surface area contributed by atoms with Crippen LogP contribution in [0.3, 0.4) is 0 Å². The van der Waals surface area contributed by atoms with Crippen molar-refractivity contribution in [1.82, 2.24) is 9.97 Å². The van der Waals surface area contributed by atoms with Gasteiger partial charge in [-0.1, -0.05) is 23.7 Å². The van der Waals surface area contributed by atoms with Crippen LogP contribution in [0.15, 0.2) is 36.7 Å². The first-order valence-electron chi connectivity index (χ1n) is 9.45. The fourth-order valence-corrected chi connectivity index (χ4v) is 4.14. The van der Waals surface area contributed by atoms with Gasteiger partial charge < -0.3 is 20.7 Å². The molecule has 2 fully saturated rings. The van der Waals surface area contributed by atoms with Crippen LogP contribution in [-0.2, 0) is 10.2 Å². The molecule has 4 rings (SSSR count). The predicted octanol–water partition coefficient (Wildman–Crippen LogP) is 2.83. The number of hydrogen-bond donors (Lipinski definition) is 2. The molecule has 27 heavy (non-hydrogen) atoms. The van der Waals surface area contributed by atoms with Crippen molar-refractivity contribution in [2.45, 2.75) is 36.8 Å². The largest absolute Gasteiger partial charge is 0.380 e. The van der Waals surface area contributed by atoms with Crippen LogP contribution in [0.1, 0.15) is 24.8 Å². The van der Waals surface area contributed by atoms with E-state index in [4.69, 9.17) is 22.1 Å². The van der Waals surface area contributed by atoms with Gasteiger partial charge in [0.25, 0.3) is 0 Å². The van der Waals surface area contributed by atoms with Gasteiger partial charge in [-0.2, -0.15) is 0 Å². The summed E-state index contributed by atoms with van der Waals surface area (Å²) in [4.78, 5) is 11.1. The lowest BCUT2D eigenvalue weighted by Gasteiger charge is -2.24. The molecule has 1 aromatic heterocycles. The van der Waals surface area contributed by atoms with Gasteiger partial charge in [-0.3, -0.25) is 0 Å². The van der Waals surface area contributed by atoms with Crippen LogP contribution >= 0.6 is 11.6 Å². The molecule has 1 saturated heterocycles. The zero-order valence-electron chi connectivity index (χ0n) is 15.6. The van der Waals surface area contributed by atoms with Crippen LogP contribution in [0, 0.1) is 0 Å². The van der Waals surface area contributed by atoms with Crippen molar-refractivity contribution in [1.29, 1.82) is 0 Å². The highest BCUT2D eigenvalue weighted by Gasteiger charge is 2.44. The molecule has 0 amide bonds. The number of hydrogen-bond acceptors (Lipinski definition) is 6. The Hall–Kier alpha value is -1.89. The van der Waals surface area contributed by atoms with E-state index in [0.717, 1.165) is 49.0 Å². The van der Waals surface area contributed by atoms with Crippen LogP contribution in [0.5, 0.6) is 0 Å². The molecule has 144 valence electrons. The SMILES string of the molecule is CO[C@H]1C[C@@H](CN)N(c2cc(NCC3(c4cccc(Cl)c4)CC3)ncn2)C1. The van der Waals surface area contributed by atoms with Crippen LogP contribution in [-0.4, -0.2) is 48.9 Å². The van der Waals surface area contributed by atoms with Crippen LogP contribution < -0.4 is 16.0 Å². The van der Waals surface area contributed by atoms with Gasteiger partial charge in [-0.25, -0.2) is 9.97 Å². The Bertz CT molecular complexity index is 797. The maximum atomic E-state index is 6.17. The van der Waals surface area contributed by atoms with Crippen LogP contribution in [0.2, 0.25) is 5.02 Å². The molecule has 3 N–H and O–H groups in total. The summed E-state index contributed by atoms with van der Waals surface area (Å²) in [5, 5.41) is 4.29. The molecule has 1 saturated carbocycles. The third-order valence-electron chi connectivity index (χ3n) is 5.83. The Balaban J connectivity index is 1.46. The number of nitrogens with zero attached hydrogens (tertiary/aromatic N) is 3. The maximum absolute atomic E-state index is 6.17. The number of ether oxygens (including phenoxy) is 1. The molecular formula is C20H26ClN5O. The van der Waals surface area contributed by atoms with Crippen molar-refractivity contribution in [3.63, 3.8) is 0 Å². The van der Waals surface area contributed by atoms with E-state index in [0.29, 0.717) is 6.54 Å². The summed E-state index contributed by atoms with van der Waals surface area (Å²) in [5.41, 5.74) is 7.40. The summed E-state index contributed by atoms with van der Waals surface area (Å²) in [7, 11) is 1.75. The number of nitrogens with two attached hydrogens (primary N) is 1. The average Bonchev–Trinajstić information content (AvgIpc) is 3.37. The highest BCUT2D eigenvalue weighted by molar-refractivity contribution is 6.30. The number of anilines is 2. The Labute approximate surface area is 165 Å². The molecule has 1 aliphatic heterocycles. The fourth-order valence-electron chi connectivity index (χ4n) is 3.95. The number of aromatic nitrogens is 2. The minimum atomic E-state index is 0.157. The number of rotatable bonds is 7. The summed E-state index contributed by atoms with van der Waals surface area (Å²) in [6, 6.07) is 10.4. The molecule has 2 atom stereocenters. The Morgan fingerprint density at radius 1 is 1.33 bits per heavy atom. The second-order valence-electron chi connectivity index (χ2n) is 7.54. The van der Waals surface area contributed by atoms with Crippen molar-refractivity contribution in [2.75, 3.05) is 37.0 Å². The van der Waals surface area contributed by atoms with Gasteiger partial charge in [0.05, 0.1) is 6.10 Å². The van der Waals surface area contributed by atoms with Gasteiger partial charge in [0.15, 0.2) is 0 Å². The van der Waals surface area contributed by atoms with Crippen LogP contribution in [0.25, 0.3) is 0 Å². The third-order valence-corrected chi connectivity index (χ3v) is 6.06. The fraction of sp³-hybridized carbons (Fsp3) is 0.500. The number of benzene rings is 1. The van der Waals surface area contributed by atoms with E-state index in [1.807, 2.05) is 18.2 Å². The lowest BCUT2D eigenvalue weighted by molar-refractivity contribution is 0.118.